The Balaban J connectivity index is 2.12. The lowest BCUT2D eigenvalue weighted by atomic mass is 10.1. The fourth-order valence-corrected chi connectivity index (χ4v) is 5.66. The number of amides is 2. The second-order valence-corrected chi connectivity index (χ2v) is 11.0. The van der Waals surface area contributed by atoms with Gasteiger partial charge in [-0.25, -0.2) is 8.42 Å². The Bertz CT molecular complexity index is 1360. The van der Waals surface area contributed by atoms with Crippen LogP contribution in [0.25, 0.3) is 0 Å². The van der Waals surface area contributed by atoms with Gasteiger partial charge in [-0.1, -0.05) is 66.6 Å². The van der Waals surface area contributed by atoms with Crippen LogP contribution in [0.2, 0.25) is 5.02 Å². The fourth-order valence-electron chi connectivity index (χ4n) is 4.08. The Morgan fingerprint density at radius 2 is 1.68 bits per heavy atom. The molecule has 0 aliphatic heterocycles. The average Bonchev–Trinajstić information content (AvgIpc) is 2.92. The topological polar surface area (TPSA) is 96.0 Å². The van der Waals surface area contributed by atoms with Crippen LogP contribution in [-0.4, -0.2) is 51.9 Å². The zero-order valence-corrected chi connectivity index (χ0v) is 23.4. The summed E-state index contributed by atoms with van der Waals surface area (Å²) in [7, 11) is -1.32. The van der Waals surface area contributed by atoms with Crippen molar-refractivity contribution in [2.24, 2.45) is 0 Å². The molecule has 3 aromatic carbocycles. The Labute approximate surface area is 229 Å². The molecule has 0 aromatic heterocycles. The van der Waals surface area contributed by atoms with Crippen LogP contribution in [0.3, 0.4) is 0 Å². The van der Waals surface area contributed by atoms with Crippen molar-refractivity contribution in [3.63, 3.8) is 0 Å². The predicted molar refractivity (Wildman–Crippen MR) is 149 cm³/mol. The molecule has 0 unspecified atom stereocenters. The van der Waals surface area contributed by atoms with Gasteiger partial charge in [0.2, 0.25) is 11.8 Å². The Kier molecular flexibility index (Phi) is 9.77. The van der Waals surface area contributed by atoms with Gasteiger partial charge in [-0.15, -0.1) is 0 Å². The van der Waals surface area contributed by atoms with E-state index in [1.54, 1.807) is 31.2 Å². The number of nitrogens with zero attached hydrogens (tertiary/aromatic N) is 2. The van der Waals surface area contributed by atoms with Crippen LogP contribution in [0.5, 0.6) is 5.75 Å². The second kappa shape index (κ2) is 12.8. The van der Waals surface area contributed by atoms with E-state index in [0.29, 0.717) is 6.42 Å². The number of nitrogens with one attached hydrogen (secondary N) is 1. The highest BCUT2D eigenvalue weighted by atomic mass is 35.5. The van der Waals surface area contributed by atoms with Crippen molar-refractivity contribution in [1.82, 2.24) is 10.2 Å². The predicted octanol–water partition coefficient (Wildman–Crippen LogP) is 4.41. The smallest absolute Gasteiger partial charge is 0.264 e. The van der Waals surface area contributed by atoms with Crippen molar-refractivity contribution in [2.45, 2.75) is 37.8 Å². The van der Waals surface area contributed by atoms with E-state index < -0.39 is 28.5 Å². The van der Waals surface area contributed by atoms with Crippen molar-refractivity contribution in [3.05, 3.63) is 88.9 Å². The maximum Gasteiger partial charge on any atom is 0.264 e. The quantitative estimate of drug-likeness (QED) is 0.377. The Morgan fingerprint density at radius 1 is 1.03 bits per heavy atom. The summed E-state index contributed by atoms with van der Waals surface area (Å²) >= 11 is 6.25. The summed E-state index contributed by atoms with van der Waals surface area (Å²) < 4.78 is 34.3. The van der Waals surface area contributed by atoms with Crippen LogP contribution < -0.4 is 14.4 Å². The first-order chi connectivity index (χ1) is 18.1. The lowest BCUT2D eigenvalue weighted by Crippen LogP contribution is -2.51. The van der Waals surface area contributed by atoms with Crippen LogP contribution in [0.4, 0.5) is 5.69 Å². The molecule has 0 spiro atoms. The minimum absolute atomic E-state index is 0.00545. The number of methoxy groups -OCH3 is 1. The van der Waals surface area contributed by atoms with E-state index >= 15 is 0 Å². The molecule has 8 nitrogen and oxygen atoms in total. The van der Waals surface area contributed by atoms with E-state index in [4.69, 9.17) is 16.3 Å². The molecule has 38 heavy (non-hydrogen) atoms. The number of aryl methyl sites for hydroxylation is 1. The lowest BCUT2D eigenvalue weighted by molar-refractivity contribution is -0.140. The molecule has 2 amide bonds. The first kappa shape index (κ1) is 29.0. The molecule has 0 aliphatic rings. The number of hydrogen-bond acceptors (Lipinski definition) is 5. The Hall–Kier alpha value is -3.56. The zero-order chi connectivity index (χ0) is 27.9. The number of rotatable bonds is 11. The highest BCUT2D eigenvalue weighted by molar-refractivity contribution is 7.92. The van der Waals surface area contributed by atoms with Gasteiger partial charge in [0.15, 0.2) is 0 Å². The Morgan fingerprint density at radius 3 is 2.26 bits per heavy atom. The molecular formula is C28H32ClN3O5S. The number of halogens is 1. The highest BCUT2D eigenvalue weighted by Gasteiger charge is 2.34. The van der Waals surface area contributed by atoms with Gasteiger partial charge in [-0.05, 0) is 49.2 Å². The third-order valence-electron chi connectivity index (χ3n) is 6.13. The number of likely N-dealkylation sites (N-methyl/N-ethyl adjacent to an activating group) is 1. The standard InChI is InChI=1S/C28H32ClN3O5S/c1-5-24(28(34)30-3)31(18-21-9-7-6-8-10-21)27(33)19-32(25-17-22(29)13-16-26(25)37-4)38(35,36)23-14-11-20(2)12-15-23/h6-17,24H,5,18-19H2,1-4H3,(H,30,34)/t24-/m0/s1. The summed E-state index contributed by atoms with van der Waals surface area (Å²) in [5.41, 5.74) is 1.80. The third kappa shape index (κ3) is 6.65. The molecule has 3 rings (SSSR count). The van der Waals surface area contributed by atoms with Crippen LogP contribution >= 0.6 is 11.6 Å². The fraction of sp³-hybridized carbons (Fsp3) is 0.286. The van der Waals surface area contributed by atoms with Crippen LogP contribution in [-0.2, 0) is 26.2 Å². The molecule has 3 aromatic rings. The maximum atomic E-state index is 13.9. The summed E-state index contributed by atoms with van der Waals surface area (Å²) in [5.74, 6) is -0.669. The average molecular weight is 558 g/mol. The zero-order valence-electron chi connectivity index (χ0n) is 21.8. The number of carbonyl (C=O) groups is 2. The summed E-state index contributed by atoms with van der Waals surface area (Å²) in [6.07, 6.45) is 0.337. The molecule has 0 saturated carbocycles. The molecular weight excluding hydrogens is 526 g/mol. The molecule has 10 heteroatoms. The van der Waals surface area contributed by atoms with Gasteiger partial charge in [0.1, 0.15) is 18.3 Å². The van der Waals surface area contributed by atoms with Gasteiger partial charge in [-0.2, -0.15) is 0 Å². The van der Waals surface area contributed by atoms with Crippen molar-refractivity contribution in [2.75, 3.05) is 25.0 Å². The molecule has 0 bridgehead atoms. The van der Waals surface area contributed by atoms with E-state index in [0.717, 1.165) is 15.4 Å². The molecule has 0 fully saturated rings. The molecule has 202 valence electrons. The van der Waals surface area contributed by atoms with Crippen LogP contribution in [0.1, 0.15) is 24.5 Å². The van der Waals surface area contributed by atoms with Crippen LogP contribution in [0, 0.1) is 6.92 Å². The molecule has 0 radical (unpaired) electrons. The number of hydrogen-bond donors (Lipinski definition) is 1. The van der Waals surface area contributed by atoms with Gasteiger partial charge >= 0.3 is 0 Å². The number of sulfonamides is 1. The normalized spacial score (nSPS) is 11.9. The van der Waals surface area contributed by atoms with Gasteiger partial charge in [0, 0.05) is 18.6 Å². The molecule has 1 N–H and O–H groups in total. The number of ether oxygens (including phenoxy) is 1. The summed E-state index contributed by atoms with van der Waals surface area (Å²) in [4.78, 5) is 28.1. The molecule has 0 saturated heterocycles. The number of carbonyl (C=O) groups excluding carboxylic acids is 2. The largest absolute Gasteiger partial charge is 0.495 e. The number of benzene rings is 3. The van der Waals surface area contributed by atoms with Crippen molar-refractivity contribution < 1.29 is 22.7 Å². The lowest BCUT2D eigenvalue weighted by Gasteiger charge is -2.33. The van der Waals surface area contributed by atoms with Crippen LogP contribution in [0.15, 0.2) is 77.7 Å². The van der Waals surface area contributed by atoms with Gasteiger partial charge in [0.25, 0.3) is 10.0 Å². The van der Waals surface area contributed by atoms with Gasteiger partial charge in [0.05, 0.1) is 17.7 Å². The van der Waals surface area contributed by atoms with Gasteiger partial charge in [-0.3, -0.25) is 13.9 Å². The second-order valence-electron chi connectivity index (χ2n) is 8.69. The van der Waals surface area contributed by atoms with Crippen molar-refractivity contribution in [3.8, 4) is 5.75 Å². The summed E-state index contributed by atoms with van der Waals surface area (Å²) in [6.45, 7) is 3.19. The van der Waals surface area contributed by atoms with E-state index in [1.807, 2.05) is 37.3 Å². The molecule has 0 aliphatic carbocycles. The minimum Gasteiger partial charge on any atom is -0.495 e. The summed E-state index contributed by atoms with van der Waals surface area (Å²) in [5, 5.41) is 2.88. The minimum atomic E-state index is -4.23. The van der Waals surface area contributed by atoms with E-state index in [2.05, 4.69) is 5.32 Å². The van der Waals surface area contributed by atoms with Crippen molar-refractivity contribution in [1.29, 1.82) is 0 Å². The van der Waals surface area contributed by atoms with E-state index in [9.17, 15) is 18.0 Å². The van der Waals surface area contributed by atoms with Gasteiger partial charge < -0.3 is 15.0 Å². The maximum absolute atomic E-state index is 13.9. The monoisotopic (exact) mass is 557 g/mol. The van der Waals surface area contributed by atoms with E-state index in [-0.39, 0.29) is 33.8 Å². The first-order valence-corrected chi connectivity index (χ1v) is 13.9. The van der Waals surface area contributed by atoms with Crippen molar-refractivity contribution >= 4 is 39.1 Å². The summed E-state index contributed by atoms with van der Waals surface area (Å²) in [6, 6.07) is 19.3. The molecule has 0 heterocycles. The number of anilines is 1. The SMILES string of the molecule is CC[C@@H](C(=O)NC)N(Cc1ccccc1)C(=O)CN(c1cc(Cl)ccc1OC)S(=O)(=O)c1ccc(C)cc1. The first-order valence-electron chi connectivity index (χ1n) is 12.1. The third-order valence-corrected chi connectivity index (χ3v) is 8.13. The van der Waals surface area contributed by atoms with E-state index in [1.165, 1.54) is 37.3 Å². The highest BCUT2D eigenvalue weighted by Crippen LogP contribution is 2.35. The molecule has 1 atom stereocenters.